The lowest BCUT2D eigenvalue weighted by molar-refractivity contribution is -0.140. The lowest BCUT2D eigenvalue weighted by Crippen LogP contribution is -2.09. The Morgan fingerprint density at radius 1 is 1.43 bits per heavy atom. The maximum atomic E-state index is 12.0. The molecule has 1 atom stereocenters. The summed E-state index contributed by atoms with van der Waals surface area (Å²) >= 11 is 0. The first-order valence-corrected chi connectivity index (χ1v) is 3.29. The monoisotopic (exact) mass is 251 g/mol. The third-order valence-electron chi connectivity index (χ3n) is 1.33. The molecular weight excluding hydrogens is 242 g/mol. The van der Waals surface area contributed by atoms with Crippen LogP contribution in [0.25, 0.3) is 0 Å². The fourth-order valence-corrected chi connectivity index (χ4v) is 0.712. The van der Waals surface area contributed by atoms with Gasteiger partial charge in [0.05, 0.1) is 12.2 Å². The van der Waals surface area contributed by atoms with Crippen molar-refractivity contribution in [3.8, 4) is 0 Å². The van der Waals surface area contributed by atoms with Crippen LogP contribution in [0.15, 0.2) is 6.20 Å². The molecule has 3 N–H and O–H groups in total. The van der Waals surface area contributed by atoms with Gasteiger partial charge in [0.25, 0.3) is 0 Å². The summed E-state index contributed by atoms with van der Waals surface area (Å²) in [5.41, 5.74) is 4.44. The summed E-state index contributed by atoms with van der Waals surface area (Å²) in [6.45, 7) is 1.55. The van der Waals surface area contributed by atoms with Gasteiger partial charge in [0.1, 0.15) is 11.5 Å². The molecule has 1 heterocycles. The van der Waals surface area contributed by atoms with Crippen molar-refractivity contribution in [1.29, 1.82) is 0 Å². The summed E-state index contributed by atoms with van der Waals surface area (Å²) < 4.78 is 35.9. The standard InChI is InChI=1S/C6H8F3N3.2ClH/c1-3(10)5-11-2-4(12-5)6(7,8)9;;/h2-3H,10H2,1H3,(H,11,12);2*1H. The van der Waals surface area contributed by atoms with Crippen LogP contribution in [0.5, 0.6) is 0 Å². The van der Waals surface area contributed by atoms with E-state index in [1.54, 1.807) is 6.92 Å². The Morgan fingerprint density at radius 2 is 1.93 bits per heavy atom. The number of halogens is 5. The number of aromatic nitrogens is 2. The van der Waals surface area contributed by atoms with Gasteiger partial charge in [-0.3, -0.25) is 0 Å². The highest BCUT2D eigenvalue weighted by Crippen LogP contribution is 2.27. The van der Waals surface area contributed by atoms with E-state index in [4.69, 9.17) is 5.73 Å². The molecule has 0 amide bonds. The first kappa shape index (κ1) is 16.0. The molecule has 3 nitrogen and oxygen atoms in total. The molecule has 84 valence electrons. The molecule has 0 saturated carbocycles. The molecule has 1 aromatic rings. The van der Waals surface area contributed by atoms with Crippen molar-refractivity contribution < 1.29 is 13.2 Å². The molecule has 0 saturated heterocycles. The number of nitrogens with one attached hydrogen (secondary N) is 1. The summed E-state index contributed by atoms with van der Waals surface area (Å²) in [6.07, 6.45) is -3.64. The Labute approximate surface area is 91.1 Å². The summed E-state index contributed by atoms with van der Waals surface area (Å²) in [6, 6.07) is -0.513. The minimum absolute atomic E-state index is 0. The Hall–Kier alpha value is -0.460. The van der Waals surface area contributed by atoms with Crippen LogP contribution in [0.1, 0.15) is 24.5 Å². The molecule has 8 heteroatoms. The van der Waals surface area contributed by atoms with Gasteiger partial charge in [-0.1, -0.05) is 0 Å². The van der Waals surface area contributed by atoms with Crippen LogP contribution in [-0.4, -0.2) is 9.97 Å². The third kappa shape index (κ3) is 3.73. The second-order valence-electron chi connectivity index (χ2n) is 2.47. The molecule has 0 spiro atoms. The number of nitrogens with two attached hydrogens (primary N) is 1. The molecule has 0 bridgehead atoms. The van der Waals surface area contributed by atoms with Gasteiger partial charge in [-0.2, -0.15) is 13.2 Å². The maximum Gasteiger partial charge on any atom is 0.432 e. The number of hydrogen-bond donors (Lipinski definition) is 2. The normalized spacial score (nSPS) is 12.6. The highest BCUT2D eigenvalue weighted by Gasteiger charge is 2.33. The fraction of sp³-hybridized carbons (Fsp3) is 0.500. The zero-order valence-electron chi connectivity index (χ0n) is 7.13. The van der Waals surface area contributed by atoms with Crippen molar-refractivity contribution in [3.63, 3.8) is 0 Å². The number of aromatic amines is 1. The molecule has 0 aliphatic heterocycles. The molecule has 0 radical (unpaired) electrons. The predicted octanol–water partition coefficient (Wildman–Crippen LogP) is 2.29. The molecule has 0 aromatic carbocycles. The molecule has 1 unspecified atom stereocenters. The minimum atomic E-state index is -4.37. The molecular formula is C6H10Cl2F3N3. The average molecular weight is 252 g/mol. The summed E-state index contributed by atoms with van der Waals surface area (Å²) in [5.74, 6) is 0.141. The lowest BCUT2D eigenvalue weighted by Gasteiger charge is -2.02. The van der Waals surface area contributed by atoms with Gasteiger partial charge in [0, 0.05) is 0 Å². The number of imidazole rings is 1. The van der Waals surface area contributed by atoms with Gasteiger partial charge in [-0.05, 0) is 6.92 Å². The Morgan fingerprint density at radius 3 is 2.14 bits per heavy atom. The number of H-pyrrole nitrogens is 1. The summed E-state index contributed by atoms with van der Waals surface area (Å²) in [7, 11) is 0. The quantitative estimate of drug-likeness (QED) is 0.805. The summed E-state index contributed by atoms with van der Waals surface area (Å²) in [5, 5.41) is 0. The van der Waals surface area contributed by atoms with Crippen molar-refractivity contribution in [2.24, 2.45) is 5.73 Å². The molecule has 1 aromatic heterocycles. The Kier molecular flexibility index (Phi) is 6.20. The SMILES string of the molecule is CC(N)c1ncc(C(F)(F)F)[nH]1.Cl.Cl. The van der Waals surface area contributed by atoms with Crippen LogP contribution in [0.3, 0.4) is 0 Å². The molecule has 0 aliphatic rings. The average Bonchev–Trinajstić information content (AvgIpc) is 2.30. The zero-order valence-corrected chi connectivity index (χ0v) is 8.76. The lowest BCUT2D eigenvalue weighted by atomic mass is 10.3. The van der Waals surface area contributed by atoms with Gasteiger partial charge in [-0.15, -0.1) is 24.8 Å². The number of nitrogens with zero attached hydrogens (tertiary/aromatic N) is 1. The van der Waals surface area contributed by atoms with E-state index < -0.39 is 17.9 Å². The van der Waals surface area contributed by atoms with Crippen LogP contribution < -0.4 is 5.73 Å². The second-order valence-corrected chi connectivity index (χ2v) is 2.47. The van der Waals surface area contributed by atoms with Crippen LogP contribution in [0.2, 0.25) is 0 Å². The number of hydrogen-bond acceptors (Lipinski definition) is 2. The number of alkyl halides is 3. The third-order valence-corrected chi connectivity index (χ3v) is 1.33. The van der Waals surface area contributed by atoms with Crippen molar-refractivity contribution in [3.05, 3.63) is 17.7 Å². The van der Waals surface area contributed by atoms with Crippen molar-refractivity contribution in [2.45, 2.75) is 19.1 Å². The fourth-order valence-electron chi connectivity index (χ4n) is 0.712. The van der Waals surface area contributed by atoms with Gasteiger partial charge in [0.15, 0.2) is 0 Å². The number of rotatable bonds is 1. The smallest absolute Gasteiger partial charge is 0.337 e. The molecule has 0 fully saturated rings. The first-order chi connectivity index (χ1) is 5.41. The highest BCUT2D eigenvalue weighted by atomic mass is 35.5. The van der Waals surface area contributed by atoms with Crippen LogP contribution in [-0.2, 0) is 6.18 Å². The molecule has 0 aliphatic carbocycles. The Bertz CT molecular complexity index is 272. The maximum absolute atomic E-state index is 12.0. The van der Waals surface area contributed by atoms with E-state index in [-0.39, 0.29) is 30.6 Å². The van der Waals surface area contributed by atoms with Gasteiger partial charge in [0.2, 0.25) is 0 Å². The largest absolute Gasteiger partial charge is 0.432 e. The van der Waals surface area contributed by atoms with Crippen LogP contribution in [0.4, 0.5) is 13.2 Å². The van der Waals surface area contributed by atoms with Gasteiger partial charge in [-0.25, -0.2) is 4.98 Å². The van der Waals surface area contributed by atoms with Crippen molar-refractivity contribution in [1.82, 2.24) is 9.97 Å². The van der Waals surface area contributed by atoms with E-state index in [1.807, 2.05) is 0 Å². The van der Waals surface area contributed by atoms with E-state index in [0.29, 0.717) is 0 Å². The van der Waals surface area contributed by atoms with Gasteiger partial charge >= 0.3 is 6.18 Å². The van der Waals surface area contributed by atoms with Crippen LogP contribution >= 0.6 is 24.8 Å². The first-order valence-electron chi connectivity index (χ1n) is 3.29. The van der Waals surface area contributed by atoms with Crippen molar-refractivity contribution in [2.75, 3.05) is 0 Å². The Balaban J connectivity index is 0. The van der Waals surface area contributed by atoms with Crippen LogP contribution in [0, 0.1) is 0 Å². The topological polar surface area (TPSA) is 54.7 Å². The van der Waals surface area contributed by atoms with E-state index in [0.717, 1.165) is 6.20 Å². The minimum Gasteiger partial charge on any atom is -0.337 e. The zero-order chi connectivity index (χ0) is 9.35. The second kappa shape index (κ2) is 5.43. The van der Waals surface area contributed by atoms with E-state index in [9.17, 15) is 13.2 Å². The van der Waals surface area contributed by atoms with E-state index in [2.05, 4.69) is 9.97 Å². The predicted molar refractivity (Wildman–Crippen MR) is 50.7 cm³/mol. The van der Waals surface area contributed by atoms with E-state index in [1.165, 1.54) is 0 Å². The van der Waals surface area contributed by atoms with E-state index >= 15 is 0 Å². The molecule has 14 heavy (non-hydrogen) atoms. The van der Waals surface area contributed by atoms with Crippen molar-refractivity contribution >= 4 is 24.8 Å². The highest BCUT2D eigenvalue weighted by molar-refractivity contribution is 5.85. The summed E-state index contributed by atoms with van der Waals surface area (Å²) in [4.78, 5) is 5.57. The molecule has 1 rings (SSSR count). The van der Waals surface area contributed by atoms with Gasteiger partial charge < -0.3 is 10.7 Å².